The zero-order valence-electron chi connectivity index (χ0n) is 19.9. The van der Waals surface area contributed by atoms with Gasteiger partial charge in [-0.05, 0) is 44.0 Å². The standard InChI is InChI=1S/C26H30N2O7/c1-25-11-3-4-16-34-24(32)20(25)19-22(30)28(14-6-15-29)21-23(31)27(13-5-12-26(19,21)35-25)17-7-9-18(33-2)10-8-17/h3,5,7-12,19-21,29H,4,6,13-16H2,1-2H3/t19-,20-,21?,25+,26-/m0/s1. The Labute approximate surface area is 203 Å². The molecule has 5 rings (SSSR count). The summed E-state index contributed by atoms with van der Waals surface area (Å²) in [5, 5.41) is 9.48. The number of amides is 2. The molecule has 186 valence electrons. The fourth-order valence-corrected chi connectivity index (χ4v) is 5.96. The fourth-order valence-electron chi connectivity index (χ4n) is 5.96. The minimum absolute atomic E-state index is 0.132. The normalized spacial score (nSPS) is 34.0. The summed E-state index contributed by atoms with van der Waals surface area (Å²) < 4.78 is 17.4. The van der Waals surface area contributed by atoms with Crippen LogP contribution in [0.15, 0.2) is 48.6 Å². The molecular weight excluding hydrogens is 452 g/mol. The van der Waals surface area contributed by atoms with Gasteiger partial charge in [-0.2, -0.15) is 0 Å². The van der Waals surface area contributed by atoms with Crippen molar-refractivity contribution < 1.29 is 33.7 Å². The van der Waals surface area contributed by atoms with E-state index in [9.17, 15) is 19.5 Å². The second-order valence-corrected chi connectivity index (χ2v) is 9.51. The van der Waals surface area contributed by atoms with E-state index >= 15 is 0 Å². The van der Waals surface area contributed by atoms with Gasteiger partial charge in [0, 0.05) is 25.4 Å². The van der Waals surface area contributed by atoms with Crippen molar-refractivity contribution in [1.82, 2.24) is 4.90 Å². The van der Waals surface area contributed by atoms with Crippen LogP contribution in [0.5, 0.6) is 5.75 Å². The largest absolute Gasteiger partial charge is 0.497 e. The SMILES string of the molecule is COc1ccc(N2CC=C[C@]34O[C@]5(C)C=CCCOC(=O)[C@@H]5[C@H]3C(=O)N(CCCO)C4C2=O)cc1. The van der Waals surface area contributed by atoms with E-state index in [-0.39, 0.29) is 38.1 Å². The molecule has 9 heteroatoms. The number of anilines is 1. The van der Waals surface area contributed by atoms with Crippen molar-refractivity contribution in [2.45, 2.75) is 37.0 Å². The number of fused-ring (bicyclic) bond motifs is 2. The van der Waals surface area contributed by atoms with Crippen molar-refractivity contribution in [3.8, 4) is 5.75 Å². The second kappa shape index (κ2) is 8.80. The average Bonchev–Trinajstić information content (AvgIpc) is 3.16. The molecule has 4 heterocycles. The van der Waals surface area contributed by atoms with Crippen LogP contribution in [0.4, 0.5) is 5.69 Å². The molecule has 4 aliphatic heterocycles. The number of benzene rings is 1. The molecule has 1 aromatic rings. The maximum absolute atomic E-state index is 14.1. The van der Waals surface area contributed by atoms with Crippen LogP contribution in [-0.4, -0.2) is 78.4 Å². The summed E-state index contributed by atoms with van der Waals surface area (Å²) >= 11 is 0. The van der Waals surface area contributed by atoms with Gasteiger partial charge in [-0.25, -0.2) is 0 Å². The molecule has 0 radical (unpaired) electrons. The van der Waals surface area contributed by atoms with E-state index in [2.05, 4.69) is 0 Å². The molecule has 2 saturated heterocycles. The van der Waals surface area contributed by atoms with E-state index in [1.807, 2.05) is 18.2 Å². The molecule has 1 unspecified atom stereocenters. The van der Waals surface area contributed by atoms with Crippen LogP contribution in [0.25, 0.3) is 0 Å². The van der Waals surface area contributed by atoms with E-state index in [4.69, 9.17) is 14.2 Å². The first kappa shape index (κ1) is 23.6. The van der Waals surface area contributed by atoms with Crippen LogP contribution in [-0.2, 0) is 23.9 Å². The molecule has 2 fully saturated rings. The fraction of sp³-hybridized carbons (Fsp3) is 0.500. The minimum Gasteiger partial charge on any atom is -0.497 e. The Morgan fingerprint density at radius 1 is 1.09 bits per heavy atom. The number of nitrogens with zero attached hydrogens (tertiary/aromatic N) is 2. The number of aliphatic hydroxyl groups is 1. The zero-order chi connectivity index (χ0) is 24.8. The molecule has 1 aromatic carbocycles. The lowest BCUT2D eigenvalue weighted by atomic mass is 9.74. The molecule has 1 spiro atoms. The summed E-state index contributed by atoms with van der Waals surface area (Å²) in [5.41, 5.74) is -1.78. The number of rotatable bonds is 5. The quantitative estimate of drug-likeness (QED) is 0.500. The topological polar surface area (TPSA) is 106 Å². The zero-order valence-corrected chi connectivity index (χ0v) is 19.9. The van der Waals surface area contributed by atoms with Crippen LogP contribution < -0.4 is 9.64 Å². The Balaban J connectivity index is 1.61. The molecule has 0 saturated carbocycles. The molecule has 4 aliphatic rings. The summed E-state index contributed by atoms with van der Waals surface area (Å²) in [5.74, 6) is -2.27. The van der Waals surface area contributed by atoms with Crippen LogP contribution in [0.3, 0.4) is 0 Å². The molecule has 1 N–H and O–H groups in total. The smallest absolute Gasteiger partial charge is 0.313 e. The van der Waals surface area contributed by atoms with Gasteiger partial charge in [0.2, 0.25) is 5.91 Å². The van der Waals surface area contributed by atoms with Crippen LogP contribution >= 0.6 is 0 Å². The van der Waals surface area contributed by atoms with Gasteiger partial charge in [0.15, 0.2) is 0 Å². The van der Waals surface area contributed by atoms with Gasteiger partial charge in [-0.3, -0.25) is 14.4 Å². The Bertz CT molecular complexity index is 1080. The summed E-state index contributed by atoms with van der Waals surface area (Å²) in [6.45, 7) is 2.33. The van der Waals surface area contributed by atoms with Gasteiger partial charge in [0.1, 0.15) is 23.3 Å². The van der Waals surface area contributed by atoms with Crippen molar-refractivity contribution in [2.75, 3.05) is 38.3 Å². The molecule has 0 bridgehead atoms. The first-order valence-corrected chi connectivity index (χ1v) is 12.0. The monoisotopic (exact) mass is 482 g/mol. The summed E-state index contributed by atoms with van der Waals surface area (Å²) in [6, 6.07) is 6.14. The number of hydrogen-bond donors (Lipinski definition) is 1. The lowest BCUT2D eigenvalue weighted by Crippen LogP contribution is -2.56. The minimum atomic E-state index is -1.34. The number of carbonyl (C=O) groups is 3. The van der Waals surface area contributed by atoms with Crippen molar-refractivity contribution >= 4 is 23.5 Å². The molecule has 0 aromatic heterocycles. The third kappa shape index (κ3) is 3.56. The number of hydrogen-bond acceptors (Lipinski definition) is 7. The first-order valence-electron chi connectivity index (χ1n) is 12.0. The molecule has 35 heavy (non-hydrogen) atoms. The third-order valence-corrected chi connectivity index (χ3v) is 7.46. The third-order valence-electron chi connectivity index (χ3n) is 7.46. The molecule has 2 amide bonds. The Morgan fingerprint density at radius 2 is 1.86 bits per heavy atom. The van der Waals surface area contributed by atoms with E-state index < -0.39 is 35.0 Å². The van der Waals surface area contributed by atoms with E-state index in [1.54, 1.807) is 49.3 Å². The Kier molecular flexibility index (Phi) is 5.93. The highest BCUT2D eigenvalue weighted by molar-refractivity contribution is 6.05. The average molecular weight is 483 g/mol. The lowest BCUT2D eigenvalue weighted by Gasteiger charge is -2.37. The molecule has 9 nitrogen and oxygen atoms in total. The van der Waals surface area contributed by atoms with E-state index in [0.29, 0.717) is 24.3 Å². The lowest BCUT2D eigenvalue weighted by molar-refractivity contribution is -0.159. The Hall–Kier alpha value is -3.17. The van der Waals surface area contributed by atoms with Gasteiger partial charge in [-0.1, -0.05) is 24.3 Å². The predicted molar refractivity (Wildman–Crippen MR) is 126 cm³/mol. The number of likely N-dealkylation sites (tertiary alicyclic amines) is 1. The highest BCUT2D eigenvalue weighted by Crippen LogP contribution is 2.57. The van der Waals surface area contributed by atoms with Crippen LogP contribution in [0.1, 0.15) is 19.8 Å². The van der Waals surface area contributed by atoms with Crippen LogP contribution in [0.2, 0.25) is 0 Å². The van der Waals surface area contributed by atoms with Crippen molar-refractivity contribution in [3.63, 3.8) is 0 Å². The highest BCUT2D eigenvalue weighted by Gasteiger charge is 2.74. The van der Waals surface area contributed by atoms with Crippen molar-refractivity contribution in [3.05, 3.63) is 48.6 Å². The van der Waals surface area contributed by atoms with Gasteiger partial charge >= 0.3 is 5.97 Å². The van der Waals surface area contributed by atoms with Gasteiger partial charge in [0.25, 0.3) is 5.91 Å². The maximum Gasteiger partial charge on any atom is 0.313 e. The van der Waals surface area contributed by atoms with Crippen molar-refractivity contribution in [1.29, 1.82) is 0 Å². The van der Waals surface area contributed by atoms with Crippen LogP contribution in [0, 0.1) is 11.8 Å². The van der Waals surface area contributed by atoms with Gasteiger partial charge in [0.05, 0.1) is 25.2 Å². The molecular formula is C26H30N2O7. The number of ether oxygens (including phenoxy) is 3. The van der Waals surface area contributed by atoms with Crippen molar-refractivity contribution in [2.24, 2.45) is 11.8 Å². The number of methoxy groups -OCH3 is 1. The summed E-state index contributed by atoms with van der Waals surface area (Å²) in [7, 11) is 1.57. The number of aliphatic hydroxyl groups excluding tert-OH is 1. The first-order chi connectivity index (χ1) is 16.9. The van der Waals surface area contributed by atoms with Gasteiger partial charge < -0.3 is 29.1 Å². The number of carbonyl (C=O) groups excluding carboxylic acids is 3. The molecule has 5 atom stereocenters. The molecule has 0 aliphatic carbocycles. The number of esters is 1. The summed E-state index contributed by atoms with van der Waals surface area (Å²) in [6.07, 6.45) is 8.20. The summed E-state index contributed by atoms with van der Waals surface area (Å²) in [4.78, 5) is 44.3. The highest BCUT2D eigenvalue weighted by atomic mass is 16.6. The number of cyclic esters (lactones) is 1. The predicted octanol–water partition coefficient (Wildman–Crippen LogP) is 1.45. The van der Waals surface area contributed by atoms with E-state index in [0.717, 1.165) is 0 Å². The van der Waals surface area contributed by atoms with Gasteiger partial charge in [-0.15, -0.1) is 0 Å². The second-order valence-electron chi connectivity index (χ2n) is 9.51. The maximum atomic E-state index is 14.1. The Morgan fingerprint density at radius 3 is 2.57 bits per heavy atom. The van der Waals surface area contributed by atoms with E-state index in [1.165, 1.54) is 4.90 Å².